The topological polar surface area (TPSA) is 59.2 Å². The van der Waals surface area contributed by atoms with E-state index < -0.39 is 9.90 Å². The van der Waals surface area contributed by atoms with E-state index in [0.29, 0.717) is 17.2 Å². The van der Waals surface area contributed by atoms with E-state index in [9.17, 15) is 5.11 Å². The third-order valence-electron chi connectivity index (χ3n) is 2.47. The van der Waals surface area contributed by atoms with E-state index in [1.807, 2.05) is 6.92 Å². The minimum Gasteiger partial charge on any atom is -0.443 e. The summed E-state index contributed by atoms with van der Waals surface area (Å²) in [6, 6.07) is 1.80. The molecule has 0 aliphatic heterocycles. The molecule has 1 atom stereocenters. The van der Waals surface area contributed by atoms with E-state index in [1.165, 1.54) is 0 Å². The lowest BCUT2D eigenvalue weighted by Gasteiger charge is -2.18. The van der Waals surface area contributed by atoms with Crippen LogP contribution in [0.2, 0.25) is 0 Å². The second-order valence-corrected chi connectivity index (χ2v) is 6.42. The van der Waals surface area contributed by atoms with Gasteiger partial charge in [-0.3, -0.25) is 0 Å². The van der Waals surface area contributed by atoms with Crippen LogP contribution >= 0.6 is 34.8 Å². The monoisotopic (exact) mass is 308 g/mol. The lowest BCUT2D eigenvalue weighted by atomic mass is 10.1. The number of alkyl halides is 3. The van der Waals surface area contributed by atoms with Gasteiger partial charge in [-0.1, -0.05) is 34.8 Å². The quantitative estimate of drug-likeness (QED) is 0.866. The van der Waals surface area contributed by atoms with E-state index in [-0.39, 0.29) is 6.42 Å². The first-order chi connectivity index (χ1) is 8.27. The van der Waals surface area contributed by atoms with E-state index in [4.69, 9.17) is 39.2 Å². The summed E-state index contributed by atoms with van der Waals surface area (Å²) in [5.74, 6) is 1.26. The van der Waals surface area contributed by atoms with Crippen molar-refractivity contribution in [2.75, 3.05) is 0 Å². The molecule has 0 radical (unpaired) electrons. The molecule has 0 amide bonds. The first kappa shape index (κ1) is 13.9. The van der Waals surface area contributed by atoms with Gasteiger partial charge in [0.05, 0.1) is 11.1 Å². The fourth-order valence-electron chi connectivity index (χ4n) is 1.67. The third kappa shape index (κ3) is 2.88. The van der Waals surface area contributed by atoms with Crippen molar-refractivity contribution in [3.05, 3.63) is 23.3 Å². The Bertz CT molecular complexity index is 577. The molecule has 4 nitrogen and oxygen atoms in total. The second kappa shape index (κ2) is 4.85. The summed E-state index contributed by atoms with van der Waals surface area (Å²) in [4.78, 5) is 8.43. The molecule has 1 N–H and O–H groups in total. The average Bonchev–Trinajstić information content (AvgIpc) is 2.56. The summed E-state index contributed by atoms with van der Waals surface area (Å²) >= 11 is 16.9. The van der Waals surface area contributed by atoms with Crippen molar-refractivity contribution < 1.29 is 9.52 Å². The van der Waals surface area contributed by atoms with Crippen LogP contribution in [0.5, 0.6) is 0 Å². The summed E-state index contributed by atoms with van der Waals surface area (Å²) in [6.07, 6.45) is -1.02. The number of rotatable bonds is 2. The maximum Gasteiger partial charge on any atom is 0.229 e. The lowest BCUT2D eigenvalue weighted by molar-refractivity contribution is 0.178. The molecule has 0 fully saturated rings. The number of nitrogens with zero attached hydrogens (tertiary/aromatic N) is 2. The predicted molar refractivity (Wildman–Crippen MR) is 71.3 cm³/mol. The molecular formula is C11H11Cl3N2O2. The highest BCUT2D eigenvalue weighted by molar-refractivity contribution is 6.68. The lowest BCUT2D eigenvalue weighted by Crippen LogP contribution is -2.28. The van der Waals surface area contributed by atoms with Gasteiger partial charge in [0.15, 0.2) is 0 Å². The predicted octanol–water partition coefficient (Wildman–Crippen LogP) is 3.11. The van der Waals surface area contributed by atoms with Gasteiger partial charge in [0, 0.05) is 6.42 Å². The first-order valence-corrected chi connectivity index (χ1v) is 6.39. The van der Waals surface area contributed by atoms with Gasteiger partial charge in [-0.25, -0.2) is 4.98 Å². The van der Waals surface area contributed by atoms with Crippen LogP contribution in [0, 0.1) is 13.8 Å². The molecule has 2 aromatic rings. The first-order valence-electron chi connectivity index (χ1n) is 5.26. The van der Waals surface area contributed by atoms with Crippen LogP contribution in [0.1, 0.15) is 17.3 Å². The van der Waals surface area contributed by atoms with E-state index in [1.54, 1.807) is 13.0 Å². The van der Waals surface area contributed by atoms with Gasteiger partial charge in [-0.05, 0) is 19.9 Å². The summed E-state index contributed by atoms with van der Waals surface area (Å²) in [7, 11) is 0. The number of aryl methyl sites for hydroxylation is 2. The van der Waals surface area contributed by atoms with Crippen LogP contribution in [0.15, 0.2) is 10.5 Å². The molecule has 98 valence electrons. The fourth-order valence-corrected chi connectivity index (χ4v) is 1.91. The summed E-state index contributed by atoms with van der Waals surface area (Å²) in [5, 5.41) is 10.5. The molecule has 0 unspecified atom stereocenters. The van der Waals surface area contributed by atoms with Gasteiger partial charge in [0.2, 0.25) is 9.51 Å². The van der Waals surface area contributed by atoms with Crippen molar-refractivity contribution in [1.82, 2.24) is 9.97 Å². The molecule has 0 bridgehead atoms. The minimum atomic E-state index is -1.75. The van der Waals surface area contributed by atoms with E-state index in [2.05, 4.69) is 9.97 Å². The number of hydrogen-bond donors (Lipinski definition) is 1. The number of aromatic nitrogens is 2. The van der Waals surface area contributed by atoms with Gasteiger partial charge in [0.1, 0.15) is 17.7 Å². The Morgan fingerprint density at radius 3 is 2.61 bits per heavy atom. The minimum absolute atomic E-state index is 0.120. The molecule has 0 aliphatic carbocycles. The molecule has 0 spiro atoms. The number of aliphatic hydroxyl groups excluding tert-OH is 1. The number of hydrogen-bond acceptors (Lipinski definition) is 4. The third-order valence-corrected chi connectivity index (χ3v) is 3.23. The highest BCUT2D eigenvalue weighted by atomic mass is 35.6. The highest BCUT2D eigenvalue weighted by Crippen LogP contribution is 2.33. The molecule has 0 saturated heterocycles. The van der Waals surface area contributed by atoms with Crippen molar-refractivity contribution in [3.63, 3.8) is 0 Å². The standard InChI is InChI=1S/C11H11Cl3N2O2/c1-5-3-7-8(4-9(17)11(12,13)14)15-6(2)16-10(7)18-5/h3,9,17H,4H2,1-2H3/t9-/m0/s1. The smallest absolute Gasteiger partial charge is 0.229 e. The molecule has 0 saturated carbocycles. The number of furan rings is 1. The van der Waals surface area contributed by atoms with Gasteiger partial charge in [-0.2, -0.15) is 4.98 Å². The largest absolute Gasteiger partial charge is 0.443 e. The Labute approximate surface area is 119 Å². The molecule has 0 aromatic carbocycles. The van der Waals surface area contributed by atoms with E-state index >= 15 is 0 Å². The summed E-state index contributed by atoms with van der Waals surface area (Å²) < 4.78 is 3.68. The van der Waals surface area contributed by atoms with Crippen LogP contribution in [0.4, 0.5) is 0 Å². The van der Waals surface area contributed by atoms with Crippen LogP contribution < -0.4 is 0 Å². The van der Waals surface area contributed by atoms with Crippen molar-refractivity contribution in [3.8, 4) is 0 Å². The Balaban J connectivity index is 2.44. The molecule has 2 aromatic heterocycles. The van der Waals surface area contributed by atoms with Crippen LogP contribution in [0.3, 0.4) is 0 Å². The van der Waals surface area contributed by atoms with Gasteiger partial charge in [-0.15, -0.1) is 0 Å². The Morgan fingerprint density at radius 2 is 2.00 bits per heavy atom. The van der Waals surface area contributed by atoms with Crippen molar-refractivity contribution >= 4 is 45.9 Å². The van der Waals surface area contributed by atoms with Crippen LogP contribution in [-0.4, -0.2) is 25.0 Å². The zero-order chi connectivity index (χ0) is 13.5. The van der Waals surface area contributed by atoms with Gasteiger partial charge < -0.3 is 9.52 Å². The van der Waals surface area contributed by atoms with Crippen molar-refractivity contribution in [2.45, 2.75) is 30.2 Å². The average molecular weight is 310 g/mol. The Hall–Kier alpha value is -0.550. The van der Waals surface area contributed by atoms with Crippen LogP contribution in [0.25, 0.3) is 11.1 Å². The molecule has 2 heterocycles. The molecule has 0 aliphatic rings. The van der Waals surface area contributed by atoms with Gasteiger partial charge in [0.25, 0.3) is 0 Å². The summed E-state index contributed by atoms with van der Waals surface area (Å²) in [5.41, 5.74) is 1.08. The Kier molecular flexibility index (Phi) is 3.74. The SMILES string of the molecule is Cc1nc(C[C@H](O)C(Cl)(Cl)Cl)c2cc(C)oc2n1. The number of fused-ring (bicyclic) bond motifs is 1. The molecule has 7 heteroatoms. The molecule has 18 heavy (non-hydrogen) atoms. The van der Waals surface area contributed by atoms with E-state index in [0.717, 1.165) is 11.1 Å². The normalized spacial score (nSPS) is 14.1. The van der Waals surface area contributed by atoms with Crippen molar-refractivity contribution in [2.24, 2.45) is 0 Å². The maximum atomic E-state index is 9.81. The fraction of sp³-hybridized carbons (Fsp3) is 0.455. The molecule has 2 rings (SSSR count). The number of aliphatic hydroxyl groups is 1. The summed E-state index contributed by atoms with van der Waals surface area (Å²) in [6.45, 7) is 3.55. The maximum absolute atomic E-state index is 9.81. The van der Waals surface area contributed by atoms with Gasteiger partial charge >= 0.3 is 0 Å². The van der Waals surface area contributed by atoms with Crippen LogP contribution in [-0.2, 0) is 6.42 Å². The second-order valence-electron chi connectivity index (χ2n) is 4.05. The zero-order valence-corrected chi connectivity index (χ0v) is 12.0. The molecular weight excluding hydrogens is 298 g/mol. The Morgan fingerprint density at radius 1 is 1.33 bits per heavy atom. The highest BCUT2D eigenvalue weighted by Gasteiger charge is 2.32. The zero-order valence-electron chi connectivity index (χ0n) is 9.75. The number of halogens is 3. The van der Waals surface area contributed by atoms with Crippen molar-refractivity contribution in [1.29, 1.82) is 0 Å².